The molecular formula is C9H14N4O. The van der Waals surface area contributed by atoms with E-state index in [0.717, 1.165) is 19.3 Å². The number of aromatic nitrogens is 4. The summed E-state index contributed by atoms with van der Waals surface area (Å²) >= 11 is 0. The van der Waals surface area contributed by atoms with E-state index in [0.29, 0.717) is 5.82 Å². The molecule has 0 saturated heterocycles. The van der Waals surface area contributed by atoms with Gasteiger partial charge in [-0.1, -0.05) is 12.2 Å². The summed E-state index contributed by atoms with van der Waals surface area (Å²) in [5.74, 6) is 0.678. The summed E-state index contributed by atoms with van der Waals surface area (Å²) in [6.45, 7) is 0. The van der Waals surface area contributed by atoms with Crippen molar-refractivity contribution in [2.75, 3.05) is 0 Å². The smallest absolute Gasteiger partial charge is 0.203 e. The average molecular weight is 194 g/mol. The van der Waals surface area contributed by atoms with Crippen LogP contribution in [-0.2, 0) is 7.05 Å². The predicted molar refractivity (Wildman–Crippen MR) is 50.2 cm³/mol. The molecule has 1 aromatic rings. The Kier molecular flexibility index (Phi) is 2.58. The van der Waals surface area contributed by atoms with Crippen LogP contribution in [0.15, 0.2) is 12.2 Å². The first-order valence-corrected chi connectivity index (χ1v) is 4.84. The van der Waals surface area contributed by atoms with Crippen molar-refractivity contribution in [1.29, 1.82) is 0 Å². The molecule has 0 saturated carbocycles. The summed E-state index contributed by atoms with van der Waals surface area (Å²) in [4.78, 5) is 1.37. The highest BCUT2D eigenvalue weighted by Crippen LogP contribution is 2.29. The molecule has 2 unspecified atom stereocenters. The van der Waals surface area contributed by atoms with Crippen LogP contribution in [0.4, 0.5) is 0 Å². The zero-order chi connectivity index (χ0) is 9.97. The quantitative estimate of drug-likeness (QED) is 0.700. The second-order valence-electron chi connectivity index (χ2n) is 3.63. The van der Waals surface area contributed by atoms with E-state index in [1.165, 1.54) is 4.80 Å². The Labute approximate surface area is 82.4 Å². The molecule has 0 aromatic carbocycles. The number of aliphatic hydroxyl groups excluding tert-OH is 1. The molecule has 1 heterocycles. The highest BCUT2D eigenvalue weighted by Gasteiger charge is 2.24. The Hall–Kier alpha value is -1.23. The Morgan fingerprint density at radius 1 is 1.57 bits per heavy atom. The number of nitrogens with zero attached hydrogens (tertiary/aromatic N) is 4. The third-order valence-electron chi connectivity index (χ3n) is 2.54. The van der Waals surface area contributed by atoms with Crippen LogP contribution >= 0.6 is 0 Å². The van der Waals surface area contributed by atoms with Crippen molar-refractivity contribution in [3.05, 3.63) is 18.0 Å². The number of rotatable bonds is 2. The topological polar surface area (TPSA) is 63.8 Å². The number of hydrogen-bond donors (Lipinski definition) is 1. The minimum atomic E-state index is -0.575. The van der Waals surface area contributed by atoms with Gasteiger partial charge in [-0.2, -0.15) is 4.80 Å². The second kappa shape index (κ2) is 3.88. The van der Waals surface area contributed by atoms with Gasteiger partial charge in [-0.05, 0) is 30.4 Å². The summed E-state index contributed by atoms with van der Waals surface area (Å²) in [7, 11) is 1.70. The number of tetrazole rings is 1. The van der Waals surface area contributed by atoms with Crippen molar-refractivity contribution in [3.63, 3.8) is 0 Å². The first kappa shape index (κ1) is 9.33. The highest BCUT2D eigenvalue weighted by molar-refractivity contribution is 4.97. The third-order valence-corrected chi connectivity index (χ3v) is 2.54. The third kappa shape index (κ3) is 1.82. The van der Waals surface area contributed by atoms with E-state index < -0.39 is 6.10 Å². The summed E-state index contributed by atoms with van der Waals surface area (Å²) in [5.41, 5.74) is 0. The van der Waals surface area contributed by atoms with Crippen molar-refractivity contribution in [3.8, 4) is 0 Å². The minimum absolute atomic E-state index is 0.240. The number of hydrogen-bond acceptors (Lipinski definition) is 4. The van der Waals surface area contributed by atoms with Gasteiger partial charge in [0, 0.05) is 0 Å². The number of allylic oxidation sites excluding steroid dienone is 2. The molecule has 1 aliphatic rings. The van der Waals surface area contributed by atoms with Crippen LogP contribution in [0.3, 0.4) is 0 Å². The molecule has 1 N–H and O–H groups in total. The maximum absolute atomic E-state index is 9.95. The Bertz CT molecular complexity index is 333. The van der Waals surface area contributed by atoms with Crippen LogP contribution in [0.2, 0.25) is 0 Å². The van der Waals surface area contributed by atoms with Crippen LogP contribution in [0, 0.1) is 5.92 Å². The zero-order valence-corrected chi connectivity index (χ0v) is 8.17. The molecule has 0 aliphatic heterocycles. The van der Waals surface area contributed by atoms with Gasteiger partial charge in [0.25, 0.3) is 0 Å². The lowest BCUT2D eigenvalue weighted by atomic mass is 9.89. The summed E-state index contributed by atoms with van der Waals surface area (Å²) in [6.07, 6.45) is 6.60. The largest absolute Gasteiger partial charge is 0.385 e. The van der Waals surface area contributed by atoms with Gasteiger partial charge in [-0.15, -0.1) is 10.2 Å². The fourth-order valence-electron chi connectivity index (χ4n) is 1.73. The zero-order valence-electron chi connectivity index (χ0n) is 8.17. The molecule has 14 heavy (non-hydrogen) atoms. The monoisotopic (exact) mass is 194 g/mol. The van der Waals surface area contributed by atoms with Crippen molar-refractivity contribution in [2.45, 2.75) is 25.4 Å². The van der Waals surface area contributed by atoms with Crippen LogP contribution in [0.1, 0.15) is 31.2 Å². The first-order valence-electron chi connectivity index (χ1n) is 4.84. The highest BCUT2D eigenvalue weighted by atomic mass is 16.3. The van der Waals surface area contributed by atoms with Crippen LogP contribution in [-0.4, -0.2) is 25.3 Å². The molecule has 5 heteroatoms. The van der Waals surface area contributed by atoms with E-state index in [4.69, 9.17) is 0 Å². The summed E-state index contributed by atoms with van der Waals surface area (Å²) in [6, 6.07) is 0. The van der Waals surface area contributed by atoms with Crippen LogP contribution < -0.4 is 0 Å². The minimum Gasteiger partial charge on any atom is -0.385 e. The lowest BCUT2D eigenvalue weighted by Crippen LogP contribution is -2.15. The SMILES string of the molecule is Cn1nnc(C(O)C2CC=CCC2)n1. The maximum atomic E-state index is 9.95. The van der Waals surface area contributed by atoms with E-state index >= 15 is 0 Å². The van der Waals surface area contributed by atoms with E-state index in [1.54, 1.807) is 7.05 Å². The van der Waals surface area contributed by atoms with Crippen molar-refractivity contribution in [2.24, 2.45) is 13.0 Å². The fraction of sp³-hybridized carbons (Fsp3) is 0.667. The normalized spacial score (nSPS) is 23.7. The van der Waals surface area contributed by atoms with Gasteiger partial charge in [0.2, 0.25) is 5.82 Å². The molecule has 0 spiro atoms. The Morgan fingerprint density at radius 3 is 3.00 bits per heavy atom. The van der Waals surface area contributed by atoms with Gasteiger partial charge in [-0.25, -0.2) is 0 Å². The summed E-state index contributed by atoms with van der Waals surface area (Å²) in [5, 5.41) is 21.5. The van der Waals surface area contributed by atoms with Crippen molar-refractivity contribution in [1.82, 2.24) is 20.2 Å². The molecular weight excluding hydrogens is 180 g/mol. The van der Waals surface area contributed by atoms with E-state index in [1.807, 2.05) is 0 Å². The first-order chi connectivity index (χ1) is 6.77. The lowest BCUT2D eigenvalue weighted by molar-refractivity contribution is 0.0937. The molecule has 0 fully saturated rings. The van der Waals surface area contributed by atoms with E-state index in [2.05, 4.69) is 27.6 Å². The molecule has 1 aromatic heterocycles. The standard InChI is InChI=1S/C9H14N4O/c1-13-11-9(10-12-13)8(14)7-5-3-2-4-6-7/h2-3,7-8,14H,4-6H2,1H3. The van der Waals surface area contributed by atoms with Crippen molar-refractivity contribution >= 4 is 0 Å². The Morgan fingerprint density at radius 2 is 2.43 bits per heavy atom. The van der Waals surface area contributed by atoms with Gasteiger partial charge in [-0.3, -0.25) is 0 Å². The van der Waals surface area contributed by atoms with Gasteiger partial charge in [0.15, 0.2) is 0 Å². The molecule has 0 radical (unpaired) electrons. The second-order valence-corrected chi connectivity index (χ2v) is 3.63. The van der Waals surface area contributed by atoms with Gasteiger partial charge >= 0.3 is 0 Å². The molecule has 0 amide bonds. The molecule has 2 atom stereocenters. The molecule has 76 valence electrons. The van der Waals surface area contributed by atoms with E-state index in [9.17, 15) is 5.11 Å². The van der Waals surface area contributed by atoms with Crippen LogP contribution in [0.25, 0.3) is 0 Å². The number of aryl methyl sites for hydroxylation is 1. The summed E-state index contributed by atoms with van der Waals surface area (Å²) < 4.78 is 0. The van der Waals surface area contributed by atoms with Gasteiger partial charge < -0.3 is 5.11 Å². The lowest BCUT2D eigenvalue weighted by Gasteiger charge is -2.20. The molecule has 5 nitrogen and oxygen atoms in total. The van der Waals surface area contributed by atoms with Gasteiger partial charge in [0.05, 0.1) is 7.05 Å². The predicted octanol–water partition coefficient (Wildman–Crippen LogP) is 0.600. The number of aliphatic hydroxyl groups is 1. The average Bonchev–Trinajstić information content (AvgIpc) is 2.65. The van der Waals surface area contributed by atoms with Gasteiger partial charge in [0.1, 0.15) is 6.10 Å². The Balaban J connectivity index is 2.07. The van der Waals surface area contributed by atoms with Crippen LogP contribution in [0.5, 0.6) is 0 Å². The maximum Gasteiger partial charge on any atom is 0.203 e. The molecule has 2 rings (SSSR count). The molecule has 0 bridgehead atoms. The van der Waals surface area contributed by atoms with E-state index in [-0.39, 0.29) is 5.92 Å². The fourth-order valence-corrected chi connectivity index (χ4v) is 1.73. The van der Waals surface area contributed by atoms with Crippen molar-refractivity contribution < 1.29 is 5.11 Å². The molecule has 1 aliphatic carbocycles.